The Morgan fingerprint density at radius 2 is 1.79 bits per heavy atom. The molecule has 56 heavy (non-hydrogen) atoms. The molecule has 8 rings (SSSR count). The summed E-state index contributed by atoms with van der Waals surface area (Å²) in [5, 5.41) is 10.3. The Bertz CT molecular complexity index is 2220. The lowest BCUT2D eigenvalue weighted by Gasteiger charge is -2.41. The molecule has 5 amide bonds. The predicted molar refractivity (Wildman–Crippen MR) is 208 cm³/mol. The summed E-state index contributed by atoms with van der Waals surface area (Å²) in [6.45, 7) is 10.4. The molecular formula is C41H47N9O6. The third-order valence-electron chi connectivity index (χ3n) is 11.2. The normalized spacial score (nSPS) is 22.6. The number of rotatable bonds is 9. The molecule has 0 spiro atoms. The average molecular weight is 762 g/mol. The first-order valence-electron chi connectivity index (χ1n) is 19.5. The molecule has 0 radical (unpaired) electrons. The fourth-order valence-corrected chi connectivity index (χ4v) is 8.15. The van der Waals surface area contributed by atoms with E-state index in [4.69, 9.17) is 14.7 Å². The van der Waals surface area contributed by atoms with Crippen molar-refractivity contribution in [3.63, 3.8) is 0 Å². The Kier molecular flexibility index (Phi) is 9.71. The maximum Gasteiger partial charge on any atom is 0.410 e. The van der Waals surface area contributed by atoms with Crippen LogP contribution in [0.25, 0.3) is 22.3 Å². The van der Waals surface area contributed by atoms with E-state index in [0.29, 0.717) is 38.1 Å². The topological polar surface area (TPSA) is 172 Å². The minimum Gasteiger partial charge on any atom is -0.444 e. The summed E-state index contributed by atoms with van der Waals surface area (Å²) in [4.78, 5) is 77.5. The summed E-state index contributed by atoms with van der Waals surface area (Å²) in [5.74, 6) is -1.44. The van der Waals surface area contributed by atoms with Crippen LogP contribution in [0.1, 0.15) is 93.0 Å². The highest BCUT2D eigenvalue weighted by Crippen LogP contribution is 2.41. The second kappa shape index (κ2) is 14.7. The van der Waals surface area contributed by atoms with Gasteiger partial charge in [-0.25, -0.2) is 9.78 Å². The van der Waals surface area contributed by atoms with E-state index in [9.17, 15) is 24.0 Å². The van der Waals surface area contributed by atoms with Gasteiger partial charge in [0.05, 0.1) is 46.3 Å². The molecule has 2 N–H and O–H groups in total. The number of hydrogen-bond acceptors (Lipinski definition) is 11. The van der Waals surface area contributed by atoms with E-state index in [1.165, 1.54) is 0 Å². The van der Waals surface area contributed by atoms with Crippen molar-refractivity contribution >= 4 is 52.1 Å². The van der Waals surface area contributed by atoms with Crippen molar-refractivity contribution in [2.24, 2.45) is 5.92 Å². The Labute approximate surface area is 324 Å². The Morgan fingerprint density at radius 3 is 2.55 bits per heavy atom. The monoisotopic (exact) mass is 761 g/mol. The molecule has 1 unspecified atom stereocenters. The summed E-state index contributed by atoms with van der Waals surface area (Å²) >= 11 is 0. The van der Waals surface area contributed by atoms with E-state index in [2.05, 4.69) is 39.0 Å². The molecule has 292 valence electrons. The molecule has 0 bridgehead atoms. The van der Waals surface area contributed by atoms with Gasteiger partial charge in [-0.2, -0.15) is 5.10 Å². The molecule has 1 aliphatic carbocycles. The summed E-state index contributed by atoms with van der Waals surface area (Å²) in [7, 11) is 0. The zero-order valence-electron chi connectivity index (χ0n) is 32.2. The number of piperazine rings is 1. The van der Waals surface area contributed by atoms with Crippen LogP contribution in [0.4, 0.5) is 16.2 Å². The van der Waals surface area contributed by atoms with Gasteiger partial charge in [-0.05, 0) is 102 Å². The third-order valence-corrected chi connectivity index (χ3v) is 11.2. The molecule has 2 atom stereocenters. The molecule has 2 aromatic carbocycles. The molecule has 4 aromatic rings. The summed E-state index contributed by atoms with van der Waals surface area (Å²) in [6, 6.07) is 10.6. The second-order valence-corrected chi connectivity index (χ2v) is 16.4. The molecule has 15 heteroatoms. The summed E-state index contributed by atoms with van der Waals surface area (Å²) in [5.41, 5.74) is 5.11. The van der Waals surface area contributed by atoms with Gasteiger partial charge in [0.2, 0.25) is 11.8 Å². The Balaban J connectivity index is 0.811. The molecule has 3 aliphatic heterocycles. The average Bonchev–Trinajstić information content (AvgIpc) is 3.72. The van der Waals surface area contributed by atoms with Crippen LogP contribution >= 0.6 is 0 Å². The number of carbonyl (C=O) groups excluding carboxylic acids is 5. The number of carbonyl (C=O) groups is 5. The van der Waals surface area contributed by atoms with E-state index in [-0.39, 0.29) is 36.1 Å². The number of nitrogens with zero attached hydrogens (tertiary/aromatic N) is 7. The first-order valence-corrected chi connectivity index (χ1v) is 19.5. The van der Waals surface area contributed by atoms with Crippen molar-refractivity contribution in [3.05, 3.63) is 66.1 Å². The van der Waals surface area contributed by atoms with Crippen LogP contribution in [-0.2, 0) is 14.3 Å². The molecule has 4 aliphatic rings. The van der Waals surface area contributed by atoms with Crippen LogP contribution in [0.5, 0.6) is 0 Å². The van der Waals surface area contributed by atoms with E-state index in [1.807, 2.05) is 44.6 Å². The number of fused-ring (bicyclic) bond motifs is 2. The van der Waals surface area contributed by atoms with Crippen molar-refractivity contribution in [2.75, 3.05) is 36.4 Å². The lowest BCUT2D eigenvalue weighted by Crippen LogP contribution is -2.55. The van der Waals surface area contributed by atoms with Gasteiger partial charge < -0.3 is 19.9 Å². The van der Waals surface area contributed by atoms with E-state index in [0.717, 1.165) is 64.2 Å². The number of piperidine rings is 1. The lowest BCUT2D eigenvalue weighted by molar-refractivity contribution is -0.136. The fraction of sp³-hybridized carbons (Fsp3) is 0.463. The summed E-state index contributed by atoms with van der Waals surface area (Å²) < 4.78 is 7.65. The third kappa shape index (κ3) is 7.41. The highest BCUT2D eigenvalue weighted by Gasteiger charge is 2.44. The van der Waals surface area contributed by atoms with Crippen LogP contribution in [0, 0.1) is 5.92 Å². The largest absolute Gasteiger partial charge is 0.444 e. The number of imide groups is 2. The first-order chi connectivity index (χ1) is 26.8. The molecule has 2 saturated heterocycles. The molecular weight excluding hydrogens is 715 g/mol. The van der Waals surface area contributed by atoms with E-state index < -0.39 is 35.3 Å². The molecule has 1 saturated carbocycles. The van der Waals surface area contributed by atoms with Crippen molar-refractivity contribution < 1.29 is 28.7 Å². The lowest BCUT2D eigenvalue weighted by atomic mass is 9.77. The van der Waals surface area contributed by atoms with Gasteiger partial charge in [-0.1, -0.05) is 0 Å². The predicted octanol–water partition coefficient (Wildman–Crippen LogP) is 5.18. The zero-order chi connectivity index (χ0) is 39.3. The number of hydrogen-bond donors (Lipinski definition) is 2. The van der Waals surface area contributed by atoms with Gasteiger partial charge in [0.15, 0.2) is 0 Å². The van der Waals surface area contributed by atoms with Gasteiger partial charge in [-0.3, -0.25) is 39.1 Å². The van der Waals surface area contributed by atoms with Gasteiger partial charge in [0, 0.05) is 61.8 Å². The maximum atomic E-state index is 13.1. The number of ether oxygens (including phenoxy) is 1. The van der Waals surface area contributed by atoms with Crippen molar-refractivity contribution in [1.82, 2.24) is 34.9 Å². The highest BCUT2D eigenvalue weighted by molar-refractivity contribution is 6.23. The van der Waals surface area contributed by atoms with Crippen LogP contribution in [0.2, 0.25) is 0 Å². The molecule has 15 nitrogen and oxygen atoms in total. The quantitative estimate of drug-likeness (QED) is 0.170. The van der Waals surface area contributed by atoms with Gasteiger partial charge in [0.25, 0.3) is 11.8 Å². The zero-order valence-corrected chi connectivity index (χ0v) is 32.2. The Hall–Kier alpha value is -5.86. The van der Waals surface area contributed by atoms with Crippen LogP contribution in [0.3, 0.4) is 0 Å². The number of benzene rings is 2. The van der Waals surface area contributed by atoms with E-state index >= 15 is 0 Å². The van der Waals surface area contributed by atoms with Crippen LogP contribution in [-0.4, -0.2) is 103 Å². The minimum atomic E-state index is -0.977. The van der Waals surface area contributed by atoms with Gasteiger partial charge in [-0.15, -0.1) is 0 Å². The number of nitrogens with one attached hydrogen (secondary N) is 2. The van der Waals surface area contributed by atoms with Gasteiger partial charge >= 0.3 is 6.09 Å². The van der Waals surface area contributed by atoms with E-state index in [1.54, 1.807) is 29.3 Å². The van der Waals surface area contributed by atoms with Crippen LogP contribution in [0.15, 0.2) is 55.0 Å². The molecule has 3 fully saturated rings. The fourth-order valence-electron chi connectivity index (χ4n) is 8.15. The molecule has 2 aromatic heterocycles. The van der Waals surface area contributed by atoms with Crippen molar-refractivity contribution in [3.8, 4) is 11.3 Å². The van der Waals surface area contributed by atoms with Crippen molar-refractivity contribution in [2.45, 2.75) is 89.9 Å². The highest BCUT2D eigenvalue weighted by atomic mass is 16.6. The standard InChI is InChI=1S/C41H47N9O6/c1-24-22-47(14-15-48(24)40(55)56-41(2,3)4)28-8-10-32-33(19-28)45-34(21-43-32)26-20-44-49(23-26)29-16-25(17-29)6-5-13-42-27-7-9-30-31(18-27)39(54)50(38(30)53)35-11-12-36(51)46-37(35)52/h7-10,18-21,23-25,29,35,42H,5-6,11-17,22H2,1-4H3,(H,46,51,52)/t24-,25?,29?,35?/m0/s1. The van der Waals surface area contributed by atoms with Crippen molar-refractivity contribution in [1.29, 1.82) is 0 Å². The SMILES string of the molecule is C[C@H]1CN(c2ccc3ncc(-c4cnn(C5CC(CCCNc6ccc7c(c6)C(=O)N(C6CCC(=O)NC6=O)C7=O)C5)c4)nc3c2)CCN1C(=O)OC(C)(C)C. The first kappa shape index (κ1) is 37.1. The minimum absolute atomic E-state index is 0.000784. The summed E-state index contributed by atoms with van der Waals surface area (Å²) in [6.07, 6.45) is 9.73. The van der Waals surface area contributed by atoms with Crippen LogP contribution < -0.4 is 15.5 Å². The second-order valence-electron chi connectivity index (χ2n) is 16.4. The Morgan fingerprint density at radius 1 is 0.982 bits per heavy atom. The smallest absolute Gasteiger partial charge is 0.410 e. The number of amides is 5. The number of anilines is 2. The number of aromatic nitrogens is 4. The molecule has 5 heterocycles. The van der Waals surface area contributed by atoms with Gasteiger partial charge in [0.1, 0.15) is 11.6 Å². The maximum absolute atomic E-state index is 13.1.